The molecule has 0 aliphatic rings. The van der Waals surface area contributed by atoms with Gasteiger partial charge in [-0.1, -0.05) is 18.2 Å². The first kappa shape index (κ1) is 23.3. The van der Waals surface area contributed by atoms with E-state index in [0.29, 0.717) is 30.1 Å². The fourth-order valence-corrected chi connectivity index (χ4v) is 2.58. The Morgan fingerprint density at radius 1 is 0.968 bits per heavy atom. The van der Waals surface area contributed by atoms with Crippen LogP contribution in [-0.4, -0.2) is 39.9 Å². The Balaban J connectivity index is 1.94. The summed E-state index contributed by atoms with van der Waals surface area (Å²) >= 11 is 0. The number of para-hydroxylation sites is 2. The molecule has 0 heterocycles. The van der Waals surface area contributed by atoms with E-state index in [4.69, 9.17) is 24.2 Å². The normalized spacial score (nSPS) is 10.6. The van der Waals surface area contributed by atoms with E-state index >= 15 is 0 Å². The summed E-state index contributed by atoms with van der Waals surface area (Å²) < 4.78 is 26.0. The Hall–Kier alpha value is -3.99. The lowest BCUT2D eigenvalue weighted by Gasteiger charge is -2.11. The molecule has 0 amide bonds. The number of ether oxygens (including phenoxy) is 5. The van der Waals surface area contributed by atoms with Crippen LogP contribution in [0.1, 0.15) is 18.4 Å². The van der Waals surface area contributed by atoms with Crippen molar-refractivity contribution in [2.24, 2.45) is 0 Å². The van der Waals surface area contributed by atoms with E-state index in [9.17, 15) is 9.59 Å². The van der Waals surface area contributed by atoms with E-state index < -0.39 is 11.9 Å². The highest BCUT2D eigenvalue weighted by molar-refractivity contribution is 5.97. The van der Waals surface area contributed by atoms with Crippen molar-refractivity contribution in [2.45, 2.75) is 12.8 Å². The zero-order valence-corrected chi connectivity index (χ0v) is 17.5. The molecule has 31 heavy (non-hydrogen) atoms. The second-order valence-corrected chi connectivity index (χ2v) is 6.15. The van der Waals surface area contributed by atoms with Gasteiger partial charge in [-0.3, -0.25) is 4.79 Å². The van der Waals surface area contributed by atoms with Crippen LogP contribution in [0, 0.1) is 11.3 Å². The van der Waals surface area contributed by atoms with Crippen LogP contribution in [0.3, 0.4) is 0 Å². The van der Waals surface area contributed by atoms with Crippen molar-refractivity contribution in [2.75, 3.05) is 27.9 Å². The number of nitriles is 1. The van der Waals surface area contributed by atoms with Crippen LogP contribution in [0.15, 0.2) is 48.0 Å². The average molecular weight is 425 g/mol. The fourth-order valence-electron chi connectivity index (χ4n) is 2.58. The van der Waals surface area contributed by atoms with Gasteiger partial charge in [0.1, 0.15) is 11.6 Å². The third-order valence-electron chi connectivity index (χ3n) is 4.10. The van der Waals surface area contributed by atoms with Crippen LogP contribution in [0.25, 0.3) is 6.08 Å². The van der Waals surface area contributed by atoms with Crippen LogP contribution in [0.2, 0.25) is 0 Å². The van der Waals surface area contributed by atoms with E-state index in [1.807, 2.05) is 12.1 Å². The molecule has 0 aliphatic carbocycles. The van der Waals surface area contributed by atoms with E-state index in [1.165, 1.54) is 26.4 Å². The minimum absolute atomic E-state index is 0.140. The molecule has 8 nitrogen and oxygen atoms in total. The quantitative estimate of drug-likeness (QED) is 0.187. The monoisotopic (exact) mass is 425 g/mol. The van der Waals surface area contributed by atoms with E-state index in [0.717, 1.165) is 0 Å². The summed E-state index contributed by atoms with van der Waals surface area (Å²) in [6.07, 6.45) is 1.95. The highest BCUT2D eigenvalue weighted by Gasteiger charge is 2.13. The van der Waals surface area contributed by atoms with Crippen LogP contribution >= 0.6 is 0 Å². The van der Waals surface area contributed by atoms with Crippen molar-refractivity contribution in [3.8, 4) is 29.1 Å². The molecule has 0 saturated carbocycles. The second-order valence-electron chi connectivity index (χ2n) is 6.15. The topological polar surface area (TPSA) is 104 Å². The largest absolute Gasteiger partial charge is 0.493 e. The van der Waals surface area contributed by atoms with Gasteiger partial charge in [0.25, 0.3) is 0 Å². The average Bonchev–Trinajstić information content (AvgIpc) is 2.80. The highest BCUT2D eigenvalue weighted by atomic mass is 16.6. The predicted molar refractivity (Wildman–Crippen MR) is 112 cm³/mol. The first-order valence-corrected chi connectivity index (χ1v) is 9.37. The molecule has 0 aromatic heterocycles. The minimum Gasteiger partial charge on any atom is -0.493 e. The standard InChI is InChI=1S/C23H23NO7/c1-27-18-7-4-5-8-19(18)30-12-6-9-22(25)31-20-11-10-16(14-21(20)28-2)13-17(15-24)23(26)29-3/h4-5,7-8,10-11,13-14H,6,9,12H2,1-3H3. The van der Waals surface area contributed by atoms with Gasteiger partial charge < -0.3 is 23.7 Å². The summed E-state index contributed by atoms with van der Waals surface area (Å²) in [6, 6.07) is 13.7. The molecule has 8 heteroatoms. The molecule has 2 aromatic rings. The Labute approximate surface area is 180 Å². The zero-order chi connectivity index (χ0) is 22.6. The summed E-state index contributed by atoms with van der Waals surface area (Å²) in [6.45, 7) is 0.320. The molecular weight excluding hydrogens is 402 g/mol. The Morgan fingerprint density at radius 2 is 1.68 bits per heavy atom. The van der Waals surface area contributed by atoms with Gasteiger partial charge in [-0.25, -0.2) is 4.79 Å². The minimum atomic E-state index is -0.743. The Kier molecular flexibility index (Phi) is 8.92. The molecule has 2 rings (SSSR count). The number of hydrogen-bond donors (Lipinski definition) is 0. The fraction of sp³-hybridized carbons (Fsp3) is 0.261. The van der Waals surface area contributed by atoms with Gasteiger partial charge in [0.2, 0.25) is 0 Å². The number of carbonyl (C=O) groups is 2. The molecule has 0 aliphatic heterocycles. The summed E-state index contributed by atoms with van der Waals surface area (Å²) in [5.74, 6) is 0.550. The molecule has 0 radical (unpaired) electrons. The smallest absolute Gasteiger partial charge is 0.348 e. The van der Waals surface area contributed by atoms with Crippen molar-refractivity contribution in [1.82, 2.24) is 0 Å². The number of hydrogen-bond acceptors (Lipinski definition) is 8. The molecule has 162 valence electrons. The third kappa shape index (κ3) is 6.78. The van der Waals surface area contributed by atoms with Crippen LogP contribution in [-0.2, 0) is 14.3 Å². The molecule has 0 unspecified atom stereocenters. The van der Waals surface area contributed by atoms with Crippen molar-refractivity contribution in [3.63, 3.8) is 0 Å². The summed E-state index contributed by atoms with van der Waals surface area (Å²) in [7, 11) is 4.18. The second kappa shape index (κ2) is 11.9. The van der Waals surface area contributed by atoms with Gasteiger partial charge >= 0.3 is 11.9 Å². The molecule has 0 spiro atoms. The highest BCUT2D eigenvalue weighted by Crippen LogP contribution is 2.30. The van der Waals surface area contributed by atoms with Crippen molar-refractivity contribution in [1.29, 1.82) is 5.26 Å². The van der Waals surface area contributed by atoms with Gasteiger partial charge in [-0.15, -0.1) is 0 Å². The summed E-state index contributed by atoms with van der Waals surface area (Å²) in [5, 5.41) is 9.06. The van der Waals surface area contributed by atoms with Gasteiger partial charge in [0.15, 0.2) is 23.0 Å². The SMILES string of the molecule is COC(=O)C(C#N)=Cc1ccc(OC(=O)CCCOc2ccccc2OC)c(OC)c1. The lowest BCUT2D eigenvalue weighted by Crippen LogP contribution is -2.11. The predicted octanol–water partition coefficient (Wildman–Crippen LogP) is 3.55. The number of carbonyl (C=O) groups excluding carboxylic acids is 2. The number of rotatable bonds is 10. The van der Waals surface area contributed by atoms with Crippen molar-refractivity contribution < 1.29 is 33.3 Å². The van der Waals surface area contributed by atoms with Crippen LogP contribution < -0.4 is 18.9 Å². The third-order valence-corrected chi connectivity index (χ3v) is 4.10. The maximum atomic E-state index is 12.2. The lowest BCUT2D eigenvalue weighted by atomic mass is 10.1. The molecule has 0 fully saturated rings. The molecule has 0 atom stereocenters. The summed E-state index contributed by atoms with van der Waals surface area (Å²) in [5.41, 5.74) is 0.355. The van der Waals surface area contributed by atoms with E-state index in [1.54, 1.807) is 37.4 Å². The summed E-state index contributed by atoms with van der Waals surface area (Å²) in [4.78, 5) is 23.7. The number of methoxy groups -OCH3 is 3. The van der Waals surface area contributed by atoms with E-state index in [-0.39, 0.29) is 23.5 Å². The van der Waals surface area contributed by atoms with Crippen LogP contribution in [0.5, 0.6) is 23.0 Å². The Morgan fingerprint density at radius 3 is 2.32 bits per heavy atom. The van der Waals surface area contributed by atoms with E-state index in [2.05, 4.69) is 4.74 Å². The molecule has 0 N–H and O–H groups in total. The maximum absolute atomic E-state index is 12.2. The first-order chi connectivity index (χ1) is 15.0. The van der Waals surface area contributed by atoms with Gasteiger partial charge in [0, 0.05) is 6.42 Å². The van der Waals surface area contributed by atoms with Gasteiger partial charge in [-0.2, -0.15) is 5.26 Å². The maximum Gasteiger partial charge on any atom is 0.348 e. The first-order valence-electron chi connectivity index (χ1n) is 9.37. The Bertz CT molecular complexity index is 992. The van der Waals surface area contributed by atoms with Crippen molar-refractivity contribution >= 4 is 18.0 Å². The molecule has 0 saturated heterocycles. The lowest BCUT2D eigenvalue weighted by molar-refractivity contribution is -0.136. The molecule has 2 aromatic carbocycles. The van der Waals surface area contributed by atoms with Crippen LogP contribution in [0.4, 0.5) is 0 Å². The van der Waals surface area contributed by atoms with Gasteiger partial charge in [0.05, 0.1) is 27.9 Å². The van der Waals surface area contributed by atoms with Gasteiger partial charge in [-0.05, 0) is 42.3 Å². The molecular formula is C23H23NO7. The number of benzene rings is 2. The number of nitrogens with zero attached hydrogens (tertiary/aromatic N) is 1. The molecule has 0 bridgehead atoms. The zero-order valence-electron chi connectivity index (χ0n) is 17.5. The number of esters is 2. The van der Waals surface area contributed by atoms with Crippen molar-refractivity contribution in [3.05, 3.63) is 53.6 Å².